The summed E-state index contributed by atoms with van der Waals surface area (Å²) in [5, 5.41) is 1.22. The molecule has 1 aromatic carbocycles. The van der Waals surface area contributed by atoms with Crippen molar-refractivity contribution in [2.75, 3.05) is 20.2 Å². The first-order chi connectivity index (χ1) is 12.7. The van der Waals surface area contributed by atoms with E-state index in [0.29, 0.717) is 5.92 Å². The van der Waals surface area contributed by atoms with Gasteiger partial charge in [0.25, 0.3) is 0 Å². The third-order valence-electron chi connectivity index (χ3n) is 5.34. The SMILES string of the molecule is C[C@H](CN(C)Cc1c([C@@H]2CCCO2)[nH]c2ncccc12)c1ccccc1. The minimum absolute atomic E-state index is 0.180. The number of rotatable bonds is 6. The Bertz CT molecular complexity index is 852. The van der Waals surface area contributed by atoms with Crippen molar-refractivity contribution < 1.29 is 4.74 Å². The highest BCUT2D eigenvalue weighted by atomic mass is 16.5. The number of pyridine rings is 1. The molecule has 1 aliphatic heterocycles. The number of aromatic nitrogens is 2. The van der Waals surface area contributed by atoms with Gasteiger partial charge >= 0.3 is 0 Å². The highest BCUT2D eigenvalue weighted by Crippen LogP contribution is 2.34. The van der Waals surface area contributed by atoms with Gasteiger partial charge in [0.05, 0.1) is 11.8 Å². The van der Waals surface area contributed by atoms with Crippen molar-refractivity contribution in [3.8, 4) is 0 Å². The molecule has 0 saturated carbocycles. The van der Waals surface area contributed by atoms with E-state index in [-0.39, 0.29) is 6.10 Å². The topological polar surface area (TPSA) is 41.1 Å². The molecule has 4 rings (SSSR count). The second-order valence-corrected chi connectivity index (χ2v) is 7.43. The minimum Gasteiger partial charge on any atom is -0.372 e. The minimum atomic E-state index is 0.180. The van der Waals surface area contributed by atoms with Crippen LogP contribution >= 0.6 is 0 Å². The van der Waals surface area contributed by atoms with Crippen LogP contribution in [0.1, 0.15) is 48.6 Å². The quantitative estimate of drug-likeness (QED) is 0.704. The molecule has 1 aliphatic rings. The predicted molar refractivity (Wildman–Crippen MR) is 105 cm³/mol. The smallest absolute Gasteiger partial charge is 0.137 e. The van der Waals surface area contributed by atoms with E-state index in [2.05, 4.69) is 65.2 Å². The summed E-state index contributed by atoms with van der Waals surface area (Å²) in [6, 6.07) is 14.9. The van der Waals surface area contributed by atoms with E-state index in [0.717, 1.165) is 38.2 Å². The largest absolute Gasteiger partial charge is 0.372 e. The van der Waals surface area contributed by atoms with Gasteiger partial charge in [0.2, 0.25) is 0 Å². The van der Waals surface area contributed by atoms with Crippen LogP contribution in [0.2, 0.25) is 0 Å². The van der Waals surface area contributed by atoms with Crippen molar-refractivity contribution in [2.24, 2.45) is 0 Å². The van der Waals surface area contributed by atoms with Crippen molar-refractivity contribution in [3.05, 3.63) is 65.5 Å². The second-order valence-electron chi connectivity index (χ2n) is 7.43. The molecule has 0 spiro atoms. The maximum atomic E-state index is 5.96. The molecule has 136 valence electrons. The van der Waals surface area contributed by atoms with Gasteiger partial charge in [-0.1, -0.05) is 37.3 Å². The molecule has 0 radical (unpaired) electrons. The van der Waals surface area contributed by atoms with Gasteiger partial charge in [0.15, 0.2) is 0 Å². The molecular weight excluding hydrogens is 322 g/mol. The second kappa shape index (κ2) is 7.60. The van der Waals surface area contributed by atoms with Crippen LogP contribution < -0.4 is 0 Å². The number of ether oxygens (including phenoxy) is 1. The third-order valence-corrected chi connectivity index (χ3v) is 5.34. The van der Waals surface area contributed by atoms with Gasteiger partial charge in [-0.15, -0.1) is 0 Å². The van der Waals surface area contributed by atoms with Gasteiger partial charge in [0.1, 0.15) is 5.65 Å². The summed E-state index contributed by atoms with van der Waals surface area (Å²) < 4.78 is 5.96. The summed E-state index contributed by atoms with van der Waals surface area (Å²) in [4.78, 5) is 10.5. The zero-order valence-corrected chi connectivity index (χ0v) is 15.6. The standard InChI is InChI=1S/C22H27N3O/c1-16(17-8-4-3-5-9-17)14-25(2)15-19-18-10-6-12-23-22(18)24-21(19)20-11-7-13-26-20/h3-6,8-10,12,16,20H,7,11,13-15H2,1-2H3,(H,23,24)/t16-,20+/m1/s1. The maximum Gasteiger partial charge on any atom is 0.137 e. The van der Waals surface area contributed by atoms with Gasteiger partial charge in [0, 0.05) is 31.3 Å². The van der Waals surface area contributed by atoms with E-state index in [1.54, 1.807) is 0 Å². The fourth-order valence-corrected chi connectivity index (χ4v) is 4.04. The number of H-pyrrole nitrogens is 1. The average molecular weight is 349 g/mol. The Labute approximate surface area is 155 Å². The number of likely N-dealkylation sites (N-methyl/N-ethyl adjacent to an activating group) is 1. The predicted octanol–water partition coefficient (Wildman–Crippen LogP) is 4.65. The Balaban J connectivity index is 1.56. The molecule has 3 heterocycles. The van der Waals surface area contributed by atoms with E-state index in [9.17, 15) is 0 Å². The molecule has 2 aromatic heterocycles. The van der Waals surface area contributed by atoms with Crippen LogP contribution in [0.15, 0.2) is 48.7 Å². The highest BCUT2D eigenvalue weighted by Gasteiger charge is 2.25. The number of benzene rings is 1. The molecule has 4 nitrogen and oxygen atoms in total. The van der Waals surface area contributed by atoms with Crippen LogP contribution in [0.3, 0.4) is 0 Å². The Morgan fingerprint density at radius 1 is 1.23 bits per heavy atom. The normalized spacial score (nSPS) is 18.7. The van der Waals surface area contributed by atoms with Gasteiger partial charge in [-0.2, -0.15) is 0 Å². The summed E-state index contributed by atoms with van der Waals surface area (Å²) in [5.41, 5.74) is 4.91. The monoisotopic (exact) mass is 349 g/mol. The van der Waals surface area contributed by atoms with E-state index in [4.69, 9.17) is 4.74 Å². The van der Waals surface area contributed by atoms with Gasteiger partial charge < -0.3 is 14.6 Å². The Kier molecular flexibility index (Phi) is 5.05. The summed E-state index contributed by atoms with van der Waals surface area (Å²) in [5.74, 6) is 0.496. The molecule has 3 aromatic rings. The molecule has 26 heavy (non-hydrogen) atoms. The lowest BCUT2D eigenvalue weighted by atomic mass is 10.0. The van der Waals surface area contributed by atoms with Crippen LogP contribution in [-0.4, -0.2) is 35.1 Å². The van der Waals surface area contributed by atoms with Gasteiger partial charge in [-0.3, -0.25) is 0 Å². The molecule has 2 atom stereocenters. The summed E-state index contributed by atoms with van der Waals surface area (Å²) >= 11 is 0. The van der Waals surface area contributed by atoms with Gasteiger partial charge in [-0.05, 0) is 49.1 Å². The number of hydrogen-bond donors (Lipinski definition) is 1. The molecule has 0 unspecified atom stereocenters. The summed E-state index contributed by atoms with van der Waals surface area (Å²) in [6.07, 6.45) is 4.25. The van der Waals surface area contributed by atoms with Crippen molar-refractivity contribution in [3.63, 3.8) is 0 Å². The molecule has 1 saturated heterocycles. The zero-order valence-electron chi connectivity index (χ0n) is 15.6. The average Bonchev–Trinajstić information content (AvgIpc) is 3.31. The first-order valence-electron chi connectivity index (χ1n) is 9.53. The van der Waals surface area contributed by atoms with E-state index < -0.39 is 0 Å². The Morgan fingerprint density at radius 2 is 2.08 bits per heavy atom. The zero-order chi connectivity index (χ0) is 17.9. The van der Waals surface area contributed by atoms with Crippen LogP contribution in [0.4, 0.5) is 0 Å². The van der Waals surface area contributed by atoms with Crippen LogP contribution in [0.25, 0.3) is 11.0 Å². The van der Waals surface area contributed by atoms with Crippen LogP contribution in [0.5, 0.6) is 0 Å². The maximum absolute atomic E-state index is 5.96. The third kappa shape index (κ3) is 3.53. The Morgan fingerprint density at radius 3 is 2.85 bits per heavy atom. The molecular formula is C22H27N3O. The summed E-state index contributed by atoms with van der Waals surface area (Å²) in [7, 11) is 2.20. The Hall–Kier alpha value is -2.17. The molecule has 0 aliphatic carbocycles. The first kappa shape index (κ1) is 17.3. The number of aromatic amines is 1. The van der Waals surface area contributed by atoms with Crippen LogP contribution in [0, 0.1) is 0 Å². The molecule has 1 N–H and O–H groups in total. The lowest BCUT2D eigenvalue weighted by Crippen LogP contribution is -2.23. The lowest BCUT2D eigenvalue weighted by Gasteiger charge is -2.23. The van der Waals surface area contributed by atoms with E-state index in [1.807, 2.05) is 12.3 Å². The number of nitrogens with zero attached hydrogens (tertiary/aromatic N) is 2. The number of hydrogen-bond acceptors (Lipinski definition) is 3. The van der Waals surface area contributed by atoms with E-state index in [1.165, 1.54) is 22.2 Å². The number of nitrogens with one attached hydrogen (secondary N) is 1. The molecule has 0 amide bonds. The fraction of sp³-hybridized carbons (Fsp3) is 0.409. The summed E-state index contributed by atoms with van der Waals surface area (Å²) in [6.45, 7) is 5.07. The molecule has 1 fully saturated rings. The first-order valence-corrected chi connectivity index (χ1v) is 9.53. The van der Waals surface area contributed by atoms with Gasteiger partial charge in [-0.25, -0.2) is 4.98 Å². The van der Waals surface area contributed by atoms with Crippen molar-refractivity contribution >= 4 is 11.0 Å². The van der Waals surface area contributed by atoms with Crippen molar-refractivity contribution in [1.29, 1.82) is 0 Å². The number of fused-ring (bicyclic) bond motifs is 1. The molecule has 0 bridgehead atoms. The van der Waals surface area contributed by atoms with Crippen molar-refractivity contribution in [2.45, 2.75) is 38.3 Å². The van der Waals surface area contributed by atoms with Crippen LogP contribution in [-0.2, 0) is 11.3 Å². The molecule has 4 heteroatoms. The van der Waals surface area contributed by atoms with Crippen molar-refractivity contribution in [1.82, 2.24) is 14.9 Å². The van der Waals surface area contributed by atoms with E-state index >= 15 is 0 Å². The lowest BCUT2D eigenvalue weighted by molar-refractivity contribution is 0.108. The highest BCUT2D eigenvalue weighted by molar-refractivity contribution is 5.81. The fourth-order valence-electron chi connectivity index (χ4n) is 4.04.